The lowest BCUT2D eigenvalue weighted by Gasteiger charge is -2.36. The van der Waals surface area contributed by atoms with Crippen molar-refractivity contribution in [3.63, 3.8) is 0 Å². The molecule has 5 heterocycles. The summed E-state index contributed by atoms with van der Waals surface area (Å²) in [5.74, 6) is 0. The van der Waals surface area contributed by atoms with Crippen LogP contribution in [0.4, 0.5) is 13.2 Å². The minimum Gasteiger partial charge on any atom is -0.339 e. The molecule has 1 aliphatic heterocycles. The normalized spacial score (nSPS) is 19.0. The number of allylic oxidation sites excluding steroid dienone is 2. The second-order valence-electron chi connectivity index (χ2n) is 11.2. The van der Waals surface area contributed by atoms with Gasteiger partial charge in [-0.15, -0.1) is 0 Å². The van der Waals surface area contributed by atoms with Gasteiger partial charge in [0.15, 0.2) is 0 Å². The van der Waals surface area contributed by atoms with E-state index in [-0.39, 0.29) is 16.7 Å². The summed E-state index contributed by atoms with van der Waals surface area (Å²) in [5.41, 5.74) is 5.18. The van der Waals surface area contributed by atoms with Gasteiger partial charge in [0, 0.05) is 64.3 Å². The number of hydrogen-bond donors (Lipinski definition) is 2. The highest BCUT2D eigenvalue weighted by Gasteiger charge is 2.33. The van der Waals surface area contributed by atoms with Gasteiger partial charge in [-0.2, -0.15) is 13.2 Å². The molecule has 6 rings (SSSR count). The zero-order valence-electron chi connectivity index (χ0n) is 22.2. The Labute approximate surface area is 224 Å². The molecule has 200 valence electrons. The van der Waals surface area contributed by atoms with Crippen molar-refractivity contribution in [2.45, 2.75) is 52.3 Å². The first kappa shape index (κ1) is 25.5. The maximum Gasteiger partial charge on any atom is 0.417 e. The highest BCUT2D eigenvalue weighted by molar-refractivity contribution is 5.95. The summed E-state index contributed by atoms with van der Waals surface area (Å²) in [7, 11) is 0. The number of hydrogen-bond acceptors (Lipinski definition) is 4. The van der Waals surface area contributed by atoms with Crippen molar-refractivity contribution in [1.29, 1.82) is 0 Å². The zero-order valence-corrected chi connectivity index (χ0v) is 22.2. The minimum atomic E-state index is -4.46. The Kier molecular flexibility index (Phi) is 6.18. The molecule has 0 amide bonds. The Hall–Kier alpha value is -3.78. The predicted octanol–water partition coefficient (Wildman–Crippen LogP) is 5.90. The van der Waals surface area contributed by atoms with Gasteiger partial charge in [-0.05, 0) is 66.6 Å². The molecule has 1 atom stereocenters. The van der Waals surface area contributed by atoms with Crippen LogP contribution < -0.4 is 15.8 Å². The summed E-state index contributed by atoms with van der Waals surface area (Å²) in [6, 6.07) is 7.97. The highest BCUT2D eigenvalue weighted by Crippen LogP contribution is 2.38. The van der Waals surface area contributed by atoms with Crippen molar-refractivity contribution >= 4 is 22.7 Å². The number of rotatable bonds is 3. The lowest BCUT2D eigenvalue weighted by molar-refractivity contribution is -0.0690. The molecule has 0 radical (unpaired) electrons. The van der Waals surface area contributed by atoms with Gasteiger partial charge < -0.3 is 10.3 Å². The molecule has 1 aliphatic carbocycles. The molecule has 5 nitrogen and oxygen atoms in total. The number of aryl methyl sites for hydroxylation is 1. The van der Waals surface area contributed by atoms with E-state index in [9.17, 15) is 13.2 Å². The average Bonchev–Trinajstić information content (AvgIpc) is 3.20. The summed E-state index contributed by atoms with van der Waals surface area (Å²) in [4.78, 5) is 17.1. The van der Waals surface area contributed by atoms with Crippen molar-refractivity contribution in [1.82, 2.24) is 25.3 Å². The number of fused-ring (bicyclic) bond motifs is 2. The number of nitrogens with zero attached hydrogens (tertiary/aromatic N) is 3. The molecule has 1 saturated heterocycles. The predicted molar refractivity (Wildman–Crippen MR) is 148 cm³/mol. The van der Waals surface area contributed by atoms with Gasteiger partial charge in [0.2, 0.25) is 0 Å². The van der Waals surface area contributed by atoms with E-state index in [1.165, 1.54) is 5.56 Å². The standard InChI is InChI=1S/C31H30F3N5/c1-18-28-19(6-4-5-7-24(28)31(32,33)34)14-26(38-18)20-10-13-36-29-22(20)15-27(39-29)23-16-35-12-9-21(23)25-8-11-30(2,3)17-37-25/h5-7,9-10,12-16,25,37H,4,8,11,17H2,1-3H3,(H,36,39). The Morgan fingerprint density at radius 2 is 1.92 bits per heavy atom. The molecule has 2 aliphatic rings. The van der Waals surface area contributed by atoms with Gasteiger partial charge in [-0.25, -0.2) is 4.98 Å². The molecule has 0 spiro atoms. The van der Waals surface area contributed by atoms with Gasteiger partial charge in [0.1, 0.15) is 5.65 Å². The van der Waals surface area contributed by atoms with E-state index in [1.807, 2.05) is 30.6 Å². The fourth-order valence-corrected chi connectivity index (χ4v) is 5.77. The van der Waals surface area contributed by atoms with E-state index in [0.717, 1.165) is 47.7 Å². The van der Waals surface area contributed by atoms with Gasteiger partial charge >= 0.3 is 6.18 Å². The van der Waals surface area contributed by atoms with Gasteiger partial charge in [0.25, 0.3) is 0 Å². The average molecular weight is 530 g/mol. The van der Waals surface area contributed by atoms with Crippen molar-refractivity contribution < 1.29 is 13.2 Å². The molecule has 1 unspecified atom stereocenters. The first-order valence-electron chi connectivity index (χ1n) is 13.2. The Balaban J connectivity index is 1.47. The second-order valence-corrected chi connectivity index (χ2v) is 11.2. The first-order chi connectivity index (χ1) is 18.6. The first-order valence-corrected chi connectivity index (χ1v) is 13.2. The van der Waals surface area contributed by atoms with Crippen LogP contribution in [0.2, 0.25) is 0 Å². The van der Waals surface area contributed by atoms with Crippen molar-refractivity contribution in [3.8, 4) is 22.5 Å². The van der Waals surface area contributed by atoms with Crippen molar-refractivity contribution in [3.05, 3.63) is 76.7 Å². The van der Waals surface area contributed by atoms with Crippen LogP contribution >= 0.6 is 0 Å². The molecule has 0 bridgehead atoms. The lowest BCUT2D eigenvalue weighted by Crippen LogP contribution is -2.38. The zero-order chi connectivity index (χ0) is 27.4. The van der Waals surface area contributed by atoms with Gasteiger partial charge in [-0.3, -0.25) is 9.97 Å². The Morgan fingerprint density at radius 1 is 1.08 bits per heavy atom. The third-order valence-electron chi connectivity index (χ3n) is 7.83. The molecule has 1 fully saturated rings. The monoisotopic (exact) mass is 529 g/mol. The lowest BCUT2D eigenvalue weighted by atomic mass is 9.80. The number of aromatic amines is 1. The number of aromatic nitrogens is 4. The van der Waals surface area contributed by atoms with E-state index >= 15 is 0 Å². The van der Waals surface area contributed by atoms with Crippen LogP contribution in [-0.4, -0.2) is 32.7 Å². The minimum absolute atomic E-state index is 0.142. The molecule has 39 heavy (non-hydrogen) atoms. The van der Waals surface area contributed by atoms with Gasteiger partial charge in [-0.1, -0.05) is 32.1 Å². The molecule has 0 saturated carbocycles. The largest absolute Gasteiger partial charge is 0.417 e. The third kappa shape index (κ3) is 4.78. The van der Waals surface area contributed by atoms with Crippen LogP contribution in [0, 0.1) is 12.3 Å². The molecular formula is C31H30F3N5. The van der Waals surface area contributed by atoms with E-state index in [1.54, 1.807) is 25.3 Å². The van der Waals surface area contributed by atoms with E-state index in [0.29, 0.717) is 28.7 Å². The fourth-order valence-electron chi connectivity index (χ4n) is 5.77. The number of nitrogens with one attached hydrogen (secondary N) is 2. The Morgan fingerprint density at radius 3 is 2.69 bits per heavy atom. The summed E-state index contributed by atoms with van der Waals surface area (Å²) in [5, 5.41) is 5.24. The molecule has 4 aromatic heterocycles. The Bertz CT molecular complexity index is 1720. The van der Waals surface area contributed by atoms with Crippen molar-refractivity contribution in [2.75, 3.05) is 6.54 Å². The molecule has 4 aromatic rings. The molecule has 0 aromatic carbocycles. The summed E-state index contributed by atoms with van der Waals surface area (Å²) >= 11 is 0. The maximum absolute atomic E-state index is 13.8. The number of piperidine rings is 1. The van der Waals surface area contributed by atoms with Crippen LogP contribution in [0.3, 0.4) is 0 Å². The van der Waals surface area contributed by atoms with E-state index < -0.39 is 11.7 Å². The summed E-state index contributed by atoms with van der Waals surface area (Å²) < 4.78 is 41.5. The second kappa shape index (κ2) is 9.45. The van der Waals surface area contributed by atoms with E-state index in [4.69, 9.17) is 0 Å². The molecule has 8 heteroatoms. The number of alkyl halides is 3. The summed E-state index contributed by atoms with van der Waals surface area (Å²) in [6.07, 6.45) is 8.06. The molecular weight excluding hydrogens is 499 g/mol. The van der Waals surface area contributed by atoms with Crippen LogP contribution in [0.5, 0.6) is 0 Å². The highest BCUT2D eigenvalue weighted by atomic mass is 19.4. The number of H-pyrrole nitrogens is 1. The maximum atomic E-state index is 13.8. The van der Waals surface area contributed by atoms with Crippen molar-refractivity contribution in [2.24, 2.45) is 5.41 Å². The molecule has 2 N–H and O–H groups in total. The number of pyridine rings is 3. The quantitative estimate of drug-likeness (QED) is 0.347. The third-order valence-corrected chi connectivity index (χ3v) is 7.83. The fraction of sp³-hybridized carbons (Fsp3) is 0.323. The summed E-state index contributed by atoms with van der Waals surface area (Å²) in [6.45, 7) is 7.15. The SMILES string of the molecule is Cc1nc(-c2ccnc3[nH]c(-c4cnccc4C4CCC(C)(C)CN4)cc23)cc2c1=C(C(F)(F)F)C=CCC=2. The number of halogens is 3. The van der Waals surface area contributed by atoms with Crippen LogP contribution in [-0.2, 0) is 0 Å². The topological polar surface area (TPSA) is 66.5 Å². The smallest absolute Gasteiger partial charge is 0.339 e. The van der Waals surface area contributed by atoms with Crippen LogP contribution in [0.25, 0.3) is 45.2 Å². The van der Waals surface area contributed by atoms with Gasteiger partial charge in [0.05, 0.1) is 11.3 Å². The van der Waals surface area contributed by atoms with Crippen LogP contribution in [0.1, 0.15) is 50.4 Å². The van der Waals surface area contributed by atoms with E-state index in [2.05, 4.69) is 45.2 Å². The van der Waals surface area contributed by atoms with Crippen LogP contribution in [0.15, 0.2) is 55.0 Å².